The van der Waals surface area contributed by atoms with Crippen molar-refractivity contribution >= 4 is 33.9 Å². The first-order valence-corrected chi connectivity index (χ1v) is 12.3. The molecule has 3 N–H and O–H groups in total. The summed E-state index contributed by atoms with van der Waals surface area (Å²) in [7, 11) is 0. The maximum atomic E-state index is 12.9. The molecule has 0 aliphatic rings. The van der Waals surface area contributed by atoms with E-state index in [0.29, 0.717) is 28.5 Å². The number of carbonyl (C=O) groups is 1. The van der Waals surface area contributed by atoms with Gasteiger partial charge in [-0.3, -0.25) is 5.32 Å². The van der Waals surface area contributed by atoms with Crippen LogP contribution in [0.4, 0.5) is 21.3 Å². The molecule has 0 spiro atoms. The number of carbonyl (C=O) groups excluding carboxylic acids is 1. The molecule has 182 valence electrons. The van der Waals surface area contributed by atoms with Gasteiger partial charge in [-0.15, -0.1) is 15.3 Å². The van der Waals surface area contributed by atoms with E-state index in [1.165, 1.54) is 11.3 Å². The Morgan fingerprint density at radius 1 is 1.00 bits per heavy atom. The summed E-state index contributed by atoms with van der Waals surface area (Å²) in [6.07, 6.45) is 0. The van der Waals surface area contributed by atoms with Gasteiger partial charge in [0.05, 0.1) is 11.4 Å². The Bertz CT molecular complexity index is 1230. The van der Waals surface area contributed by atoms with Gasteiger partial charge in [0, 0.05) is 18.7 Å². The third kappa shape index (κ3) is 6.18. The molecule has 4 aromatic rings. The van der Waals surface area contributed by atoms with Gasteiger partial charge in [-0.25, -0.2) is 9.89 Å². The van der Waals surface area contributed by atoms with Crippen LogP contribution in [0.25, 0.3) is 22.5 Å². The van der Waals surface area contributed by atoms with E-state index in [4.69, 9.17) is 0 Å². The van der Waals surface area contributed by atoms with Crippen molar-refractivity contribution in [2.24, 2.45) is 11.8 Å². The molecule has 4 rings (SSSR count). The molecule has 0 fully saturated rings. The molecule has 0 bridgehead atoms. The van der Waals surface area contributed by atoms with E-state index in [1.54, 1.807) is 5.51 Å². The molecule has 0 atom stereocenters. The average molecular weight is 492 g/mol. The fourth-order valence-electron chi connectivity index (χ4n) is 3.93. The third-order valence-corrected chi connectivity index (χ3v) is 5.78. The summed E-state index contributed by atoms with van der Waals surface area (Å²) in [5.74, 6) is 1.49. The van der Waals surface area contributed by atoms with Crippen LogP contribution in [-0.4, -0.2) is 49.9 Å². The van der Waals surface area contributed by atoms with E-state index in [0.717, 1.165) is 35.5 Å². The zero-order valence-electron chi connectivity index (χ0n) is 20.2. The minimum absolute atomic E-state index is 0.373. The van der Waals surface area contributed by atoms with Gasteiger partial charge in [0.25, 0.3) is 0 Å². The van der Waals surface area contributed by atoms with Crippen LogP contribution < -0.4 is 15.5 Å². The predicted molar refractivity (Wildman–Crippen MR) is 139 cm³/mol. The van der Waals surface area contributed by atoms with Gasteiger partial charge in [0.15, 0.2) is 5.82 Å². The molecule has 0 aliphatic carbocycles. The molecule has 2 heterocycles. The number of hydrogen-bond donors (Lipinski definition) is 3. The molecule has 11 heteroatoms. The molecule has 2 amide bonds. The minimum Gasteiger partial charge on any atom is -0.369 e. The number of rotatable bonds is 9. The number of hydrogen-bond acceptors (Lipinski definition) is 8. The minimum atomic E-state index is -0.373. The number of tetrazole rings is 1. The van der Waals surface area contributed by atoms with Crippen molar-refractivity contribution in [2.45, 2.75) is 27.7 Å². The first kappa shape index (κ1) is 24.3. The second-order valence-corrected chi connectivity index (χ2v) is 9.88. The number of urea groups is 1. The van der Waals surface area contributed by atoms with Crippen LogP contribution in [0.1, 0.15) is 27.7 Å². The SMILES string of the molecule is CC(C)CN(CC(C)C)c1ccc(-c2ccccc2-c2nnn[nH]2)cc1NC(=O)Nc1nncs1. The standard InChI is InChI=1S/C24H29N9OS/c1-15(2)12-33(13-16(3)4)21-10-9-17(11-20(21)26-23(34)27-24-30-25-14-35-24)18-7-5-6-8-19(18)22-28-31-32-29-22/h5-11,14-16H,12-13H2,1-4H3,(H2,26,27,30,34)(H,28,29,31,32). The lowest BCUT2D eigenvalue weighted by Gasteiger charge is -2.30. The van der Waals surface area contributed by atoms with E-state index in [-0.39, 0.29) is 6.03 Å². The Hall–Kier alpha value is -3.86. The molecule has 0 saturated heterocycles. The Kier molecular flexibility index (Phi) is 7.66. The fraction of sp³-hybridized carbons (Fsp3) is 0.333. The highest BCUT2D eigenvalue weighted by molar-refractivity contribution is 7.13. The third-order valence-electron chi connectivity index (χ3n) is 5.18. The zero-order chi connectivity index (χ0) is 24.8. The Balaban J connectivity index is 1.75. The lowest BCUT2D eigenvalue weighted by molar-refractivity contribution is 0.262. The molecule has 2 aromatic carbocycles. The quantitative estimate of drug-likeness (QED) is 0.296. The smallest absolute Gasteiger partial charge is 0.325 e. The van der Waals surface area contributed by atoms with Crippen LogP contribution in [-0.2, 0) is 0 Å². The van der Waals surface area contributed by atoms with Crippen LogP contribution in [0.2, 0.25) is 0 Å². The van der Waals surface area contributed by atoms with E-state index in [9.17, 15) is 4.79 Å². The van der Waals surface area contributed by atoms with E-state index in [1.807, 2.05) is 30.3 Å². The van der Waals surface area contributed by atoms with E-state index < -0.39 is 0 Å². The van der Waals surface area contributed by atoms with Gasteiger partial charge in [0.1, 0.15) is 5.51 Å². The Morgan fingerprint density at radius 2 is 1.74 bits per heavy atom. The van der Waals surface area contributed by atoms with Crippen LogP contribution in [0, 0.1) is 11.8 Å². The summed E-state index contributed by atoms with van der Waals surface area (Å²) in [4.78, 5) is 15.2. The van der Waals surface area contributed by atoms with E-state index in [2.05, 4.69) is 86.2 Å². The molecular formula is C24H29N9OS. The highest BCUT2D eigenvalue weighted by Crippen LogP contribution is 2.36. The molecule has 0 aliphatic heterocycles. The van der Waals surface area contributed by atoms with Gasteiger partial charge in [-0.1, -0.05) is 69.4 Å². The van der Waals surface area contributed by atoms with E-state index >= 15 is 0 Å². The number of anilines is 3. The lowest BCUT2D eigenvalue weighted by Crippen LogP contribution is -2.32. The van der Waals surface area contributed by atoms with Gasteiger partial charge >= 0.3 is 6.03 Å². The number of amides is 2. The second-order valence-electron chi connectivity index (χ2n) is 9.04. The van der Waals surface area contributed by atoms with Crippen LogP contribution in [0.5, 0.6) is 0 Å². The summed E-state index contributed by atoms with van der Waals surface area (Å²) in [6, 6.07) is 13.6. The Labute approximate surface area is 208 Å². The highest BCUT2D eigenvalue weighted by Gasteiger charge is 2.19. The molecule has 10 nitrogen and oxygen atoms in total. The van der Waals surface area contributed by atoms with Gasteiger partial charge in [0.2, 0.25) is 5.13 Å². The zero-order valence-corrected chi connectivity index (χ0v) is 21.0. The van der Waals surface area contributed by atoms with Crippen molar-refractivity contribution < 1.29 is 4.79 Å². The first-order valence-electron chi connectivity index (χ1n) is 11.5. The molecule has 0 unspecified atom stereocenters. The lowest BCUT2D eigenvalue weighted by atomic mass is 9.98. The number of nitrogens with one attached hydrogen (secondary N) is 3. The molecule has 2 aromatic heterocycles. The summed E-state index contributed by atoms with van der Waals surface area (Å²) in [6.45, 7) is 10.5. The summed E-state index contributed by atoms with van der Waals surface area (Å²) in [5.41, 5.74) is 5.99. The largest absolute Gasteiger partial charge is 0.369 e. The maximum absolute atomic E-state index is 12.9. The number of aromatic nitrogens is 6. The monoisotopic (exact) mass is 491 g/mol. The topological polar surface area (TPSA) is 125 Å². The number of H-pyrrole nitrogens is 1. The van der Waals surface area contributed by atoms with Crippen molar-refractivity contribution in [2.75, 3.05) is 28.6 Å². The van der Waals surface area contributed by atoms with Crippen molar-refractivity contribution in [1.29, 1.82) is 0 Å². The van der Waals surface area contributed by atoms with Crippen LogP contribution in [0.3, 0.4) is 0 Å². The Morgan fingerprint density at radius 3 is 2.37 bits per heavy atom. The van der Waals surface area contributed by atoms with Crippen molar-refractivity contribution in [3.05, 3.63) is 48.0 Å². The van der Waals surface area contributed by atoms with Gasteiger partial charge in [-0.05, 0) is 45.5 Å². The molecular weight excluding hydrogens is 462 g/mol. The molecule has 0 saturated carbocycles. The molecule has 0 radical (unpaired) electrons. The summed E-state index contributed by atoms with van der Waals surface area (Å²) >= 11 is 1.26. The highest BCUT2D eigenvalue weighted by atomic mass is 32.1. The summed E-state index contributed by atoms with van der Waals surface area (Å²) < 4.78 is 0. The number of aromatic amines is 1. The second kappa shape index (κ2) is 11.0. The van der Waals surface area contributed by atoms with Crippen LogP contribution >= 0.6 is 11.3 Å². The average Bonchev–Trinajstić information content (AvgIpc) is 3.52. The predicted octanol–water partition coefficient (Wildman–Crippen LogP) is 5.15. The number of benzene rings is 2. The van der Waals surface area contributed by atoms with Crippen molar-refractivity contribution in [1.82, 2.24) is 30.8 Å². The summed E-state index contributed by atoms with van der Waals surface area (Å²) in [5, 5.41) is 28.3. The van der Waals surface area contributed by atoms with Crippen molar-refractivity contribution in [3.63, 3.8) is 0 Å². The first-order chi connectivity index (χ1) is 16.9. The van der Waals surface area contributed by atoms with Gasteiger partial charge in [-0.2, -0.15) is 0 Å². The van der Waals surface area contributed by atoms with Gasteiger partial charge < -0.3 is 10.2 Å². The number of nitrogens with zero attached hydrogens (tertiary/aromatic N) is 6. The van der Waals surface area contributed by atoms with Crippen LogP contribution in [0.15, 0.2) is 48.0 Å². The normalized spacial score (nSPS) is 11.1. The molecule has 35 heavy (non-hydrogen) atoms. The van der Waals surface area contributed by atoms with Crippen molar-refractivity contribution in [3.8, 4) is 22.5 Å². The fourth-order valence-corrected chi connectivity index (χ4v) is 4.37. The maximum Gasteiger partial charge on any atom is 0.325 e.